The van der Waals surface area contributed by atoms with Crippen molar-refractivity contribution in [1.82, 2.24) is 4.90 Å². The van der Waals surface area contributed by atoms with Gasteiger partial charge in [0.2, 0.25) is 0 Å². The number of fused-ring (bicyclic) bond motifs is 3. The van der Waals surface area contributed by atoms with Gasteiger partial charge in [-0.15, -0.1) is 0 Å². The van der Waals surface area contributed by atoms with Crippen molar-refractivity contribution >= 4 is 0 Å². The predicted molar refractivity (Wildman–Crippen MR) is 67.9 cm³/mol. The molecule has 1 fully saturated rings. The Balaban J connectivity index is 1.90. The number of nitrogens with zero attached hydrogens (tertiary/aromatic N) is 1. The van der Waals surface area contributed by atoms with Crippen LogP contribution < -0.4 is 5.73 Å². The zero-order valence-electron chi connectivity index (χ0n) is 10.3. The Hall–Kier alpha value is -0.900. The normalized spacial score (nSPS) is 31.5. The summed E-state index contributed by atoms with van der Waals surface area (Å²) in [4.78, 5) is 2.47. The molecule has 92 valence electrons. The van der Waals surface area contributed by atoms with Crippen molar-refractivity contribution in [3.8, 4) is 0 Å². The molecule has 0 saturated carbocycles. The number of ether oxygens (including phenoxy) is 1. The molecule has 1 heterocycles. The molecule has 1 aromatic carbocycles. The van der Waals surface area contributed by atoms with E-state index >= 15 is 0 Å². The molecule has 1 saturated heterocycles. The first-order valence-corrected chi connectivity index (χ1v) is 6.39. The Labute approximate surface area is 103 Å². The minimum atomic E-state index is 0.277. The second kappa shape index (κ2) is 4.41. The molecule has 3 rings (SSSR count). The Morgan fingerprint density at radius 2 is 2.06 bits per heavy atom. The second-order valence-electron chi connectivity index (χ2n) is 5.10. The summed E-state index contributed by atoms with van der Waals surface area (Å²) in [6, 6.07) is 8.73. The van der Waals surface area contributed by atoms with Crippen LogP contribution in [0.3, 0.4) is 0 Å². The van der Waals surface area contributed by atoms with E-state index in [2.05, 4.69) is 29.2 Å². The van der Waals surface area contributed by atoms with E-state index in [1.54, 1.807) is 0 Å². The van der Waals surface area contributed by atoms with Crippen LogP contribution in [0.15, 0.2) is 24.3 Å². The van der Waals surface area contributed by atoms with E-state index < -0.39 is 0 Å². The Morgan fingerprint density at radius 3 is 2.76 bits per heavy atom. The van der Waals surface area contributed by atoms with Crippen LogP contribution in [0.1, 0.15) is 23.1 Å². The molecule has 3 nitrogen and oxygen atoms in total. The van der Waals surface area contributed by atoms with Gasteiger partial charge in [-0.05, 0) is 11.1 Å². The zero-order chi connectivity index (χ0) is 11.8. The summed E-state index contributed by atoms with van der Waals surface area (Å²) in [7, 11) is 1.83. The van der Waals surface area contributed by atoms with Crippen LogP contribution in [-0.4, -0.2) is 38.2 Å². The fourth-order valence-corrected chi connectivity index (χ4v) is 3.55. The first kappa shape index (κ1) is 11.2. The summed E-state index contributed by atoms with van der Waals surface area (Å²) in [5.41, 5.74) is 8.54. The molecule has 1 aliphatic heterocycles. The molecular weight excluding hydrogens is 212 g/mol. The molecular formula is C14H20N2O. The molecule has 0 bridgehead atoms. The number of hydrogen-bond donors (Lipinski definition) is 1. The fraction of sp³-hybridized carbons (Fsp3) is 0.571. The highest BCUT2D eigenvalue weighted by Gasteiger charge is 2.45. The lowest BCUT2D eigenvalue weighted by molar-refractivity contribution is 0.0605. The number of benzene rings is 1. The van der Waals surface area contributed by atoms with Gasteiger partial charge in [-0.2, -0.15) is 0 Å². The van der Waals surface area contributed by atoms with Crippen LogP contribution in [0.2, 0.25) is 0 Å². The molecule has 3 atom stereocenters. The van der Waals surface area contributed by atoms with Crippen molar-refractivity contribution in [2.45, 2.75) is 12.0 Å². The summed E-state index contributed by atoms with van der Waals surface area (Å²) < 4.78 is 5.72. The van der Waals surface area contributed by atoms with Gasteiger partial charge in [0.1, 0.15) is 0 Å². The lowest BCUT2D eigenvalue weighted by Crippen LogP contribution is -2.28. The SMILES string of the molecule is COC1c2ccccc2C2CN(CCN)CC21. The van der Waals surface area contributed by atoms with Crippen LogP contribution in [0, 0.1) is 5.92 Å². The quantitative estimate of drug-likeness (QED) is 0.855. The zero-order valence-corrected chi connectivity index (χ0v) is 10.3. The maximum absolute atomic E-state index is 5.72. The van der Waals surface area contributed by atoms with Crippen molar-refractivity contribution in [1.29, 1.82) is 0 Å². The Kier molecular flexibility index (Phi) is 2.90. The fourth-order valence-electron chi connectivity index (χ4n) is 3.55. The lowest BCUT2D eigenvalue weighted by atomic mass is 9.96. The molecule has 1 aliphatic carbocycles. The molecule has 3 heteroatoms. The Bertz CT molecular complexity index is 407. The highest BCUT2D eigenvalue weighted by Crippen LogP contribution is 2.50. The average molecular weight is 232 g/mol. The van der Waals surface area contributed by atoms with E-state index in [-0.39, 0.29) is 6.10 Å². The molecule has 17 heavy (non-hydrogen) atoms. The van der Waals surface area contributed by atoms with Gasteiger partial charge >= 0.3 is 0 Å². The summed E-state index contributed by atoms with van der Waals surface area (Å²) >= 11 is 0. The van der Waals surface area contributed by atoms with Crippen molar-refractivity contribution in [3.05, 3.63) is 35.4 Å². The van der Waals surface area contributed by atoms with Gasteiger partial charge < -0.3 is 15.4 Å². The van der Waals surface area contributed by atoms with Crippen molar-refractivity contribution < 1.29 is 4.74 Å². The molecule has 0 aromatic heterocycles. The Morgan fingerprint density at radius 1 is 1.29 bits per heavy atom. The second-order valence-corrected chi connectivity index (χ2v) is 5.10. The molecule has 1 aromatic rings. The largest absolute Gasteiger partial charge is 0.376 e. The molecule has 0 amide bonds. The number of likely N-dealkylation sites (tertiary alicyclic amines) is 1. The van der Waals surface area contributed by atoms with Gasteiger partial charge in [0, 0.05) is 45.1 Å². The topological polar surface area (TPSA) is 38.5 Å². The van der Waals surface area contributed by atoms with Crippen molar-refractivity contribution in [2.75, 3.05) is 33.3 Å². The summed E-state index contributed by atoms with van der Waals surface area (Å²) in [6.45, 7) is 4.01. The molecule has 3 unspecified atom stereocenters. The van der Waals surface area contributed by atoms with E-state index in [1.807, 2.05) is 7.11 Å². The van der Waals surface area contributed by atoms with Crippen molar-refractivity contribution in [2.24, 2.45) is 11.7 Å². The number of hydrogen-bond acceptors (Lipinski definition) is 3. The molecule has 0 radical (unpaired) electrons. The first-order chi connectivity index (χ1) is 8.35. The molecule has 0 spiro atoms. The predicted octanol–water partition coefficient (Wildman–Crippen LogP) is 1.36. The van der Waals surface area contributed by atoms with E-state index in [0.29, 0.717) is 11.8 Å². The minimum Gasteiger partial charge on any atom is -0.376 e. The van der Waals surface area contributed by atoms with E-state index in [4.69, 9.17) is 10.5 Å². The standard InChI is InChI=1S/C14H20N2O/c1-17-14-11-5-3-2-4-10(11)12-8-16(7-6-15)9-13(12)14/h2-5,12-14H,6-9,15H2,1H3. The van der Waals surface area contributed by atoms with E-state index in [0.717, 1.165) is 26.2 Å². The first-order valence-electron chi connectivity index (χ1n) is 6.39. The summed E-state index contributed by atoms with van der Waals surface area (Å²) in [5, 5.41) is 0. The summed E-state index contributed by atoms with van der Waals surface area (Å²) in [5.74, 6) is 1.26. The maximum Gasteiger partial charge on any atom is 0.0870 e. The van der Waals surface area contributed by atoms with E-state index in [9.17, 15) is 0 Å². The highest BCUT2D eigenvalue weighted by molar-refractivity contribution is 5.40. The van der Waals surface area contributed by atoms with Gasteiger partial charge in [-0.25, -0.2) is 0 Å². The number of methoxy groups -OCH3 is 1. The van der Waals surface area contributed by atoms with E-state index in [1.165, 1.54) is 11.1 Å². The van der Waals surface area contributed by atoms with Gasteiger partial charge in [0.05, 0.1) is 6.10 Å². The van der Waals surface area contributed by atoms with Crippen LogP contribution in [-0.2, 0) is 4.74 Å². The van der Waals surface area contributed by atoms with Crippen molar-refractivity contribution in [3.63, 3.8) is 0 Å². The highest BCUT2D eigenvalue weighted by atomic mass is 16.5. The summed E-state index contributed by atoms with van der Waals surface area (Å²) in [6.07, 6.45) is 0.277. The third kappa shape index (κ3) is 1.69. The van der Waals surface area contributed by atoms with Crippen LogP contribution in [0.4, 0.5) is 0 Å². The smallest absolute Gasteiger partial charge is 0.0870 e. The number of rotatable bonds is 3. The van der Waals surface area contributed by atoms with Gasteiger partial charge in [0.25, 0.3) is 0 Å². The maximum atomic E-state index is 5.72. The monoisotopic (exact) mass is 232 g/mol. The van der Waals surface area contributed by atoms with Crippen LogP contribution >= 0.6 is 0 Å². The lowest BCUT2D eigenvalue weighted by Gasteiger charge is -2.20. The molecule has 2 aliphatic rings. The average Bonchev–Trinajstić information content (AvgIpc) is 2.86. The molecule has 2 N–H and O–H groups in total. The third-order valence-corrected chi connectivity index (χ3v) is 4.23. The van der Waals surface area contributed by atoms with Crippen LogP contribution in [0.5, 0.6) is 0 Å². The third-order valence-electron chi connectivity index (χ3n) is 4.23. The van der Waals surface area contributed by atoms with Gasteiger partial charge in [0.15, 0.2) is 0 Å². The van der Waals surface area contributed by atoms with Gasteiger partial charge in [-0.3, -0.25) is 0 Å². The van der Waals surface area contributed by atoms with Gasteiger partial charge in [-0.1, -0.05) is 24.3 Å². The minimum absolute atomic E-state index is 0.277. The van der Waals surface area contributed by atoms with Crippen LogP contribution in [0.25, 0.3) is 0 Å². The number of nitrogens with two attached hydrogens (primary N) is 1.